The number of aryl methyl sites for hydroxylation is 1. The van der Waals surface area contributed by atoms with E-state index in [2.05, 4.69) is 23.7 Å². The average Bonchev–Trinajstić information content (AvgIpc) is 3.15. The average molecular weight is 589 g/mol. The van der Waals surface area contributed by atoms with E-state index in [1.807, 2.05) is 0 Å². The van der Waals surface area contributed by atoms with Crippen LogP contribution in [0.15, 0.2) is 15.8 Å². The number of ether oxygens (including phenoxy) is 2. The van der Waals surface area contributed by atoms with Gasteiger partial charge in [-0.05, 0) is 13.8 Å². The Morgan fingerprint density at radius 1 is 1.18 bits per heavy atom. The normalized spacial score (nSPS) is 34.8. The molecular formula is C18H29N3O15P2. The molecular weight excluding hydrogens is 560 g/mol. The standard InChI is InChI=1S/C18H29N3O15P2/c1-7-5-21(18(27)20-16(7)26)12-4-10(23)11(34-12)6-32-37(28,29)36-38(30,31)35-17-15(25)14(24)13(8(2)33-17)19-9(3)22/h5,8,10-15,17,23-25H,4,6H2,1-3H3,(H,19,22)(H,28,29)(H,30,31)(H,20,26,27). The monoisotopic (exact) mass is 589 g/mol. The zero-order valence-electron chi connectivity index (χ0n) is 20.3. The van der Waals surface area contributed by atoms with Crippen LogP contribution in [0, 0.1) is 6.92 Å². The van der Waals surface area contributed by atoms with Crippen molar-refractivity contribution in [1.82, 2.24) is 14.9 Å². The lowest BCUT2D eigenvalue weighted by atomic mass is 9.97. The molecule has 7 N–H and O–H groups in total. The first-order chi connectivity index (χ1) is 17.5. The second kappa shape index (κ2) is 11.8. The number of hydrogen-bond acceptors (Lipinski definition) is 13. The van der Waals surface area contributed by atoms with Gasteiger partial charge in [0.15, 0.2) is 6.29 Å². The van der Waals surface area contributed by atoms with Crippen LogP contribution < -0.4 is 16.6 Å². The highest BCUT2D eigenvalue weighted by molar-refractivity contribution is 7.61. The number of phosphoric acid groups is 2. The molecule has 20 heteroatoms. The second-order valence-corrected chi connectivity index (χ2v) is 11.7. The van der Waals surface area contributed by atoms with E-state index in [1.165, 1.54) is 20.0 Å². The van der Waals surface area contributed by atoms with Crippen LogP contribution in [0.2, 0.25) is 0 Å². The molecule has 0 aliphatic carbocycles. The summed E-state index contributed by atoms with van der Waals surface area (Å²) in [6.45, 7) is 3.12. The number of rotatable bonds is 9. The Balaban J connectivity index is 1.58. The van der Waals surface area contributed by atoms with Crippen molar-refractivity contribution in [2.45, 2.75) is 76.3 Å². The molecule has 2 aliphatic rings. The highest BCUT2D eigenvalue weighted by Gasteiger charge is 2.48. The van der Waals surface area contributed by atoms with Crippen LogP contribution in [0.4, 0.5) is 0 Å². The predicted octanol–water partition coefficient (Wildman–Crippen LogP) is -2.28. The Labute approximate surface area is 214 Å². The molecule has 0 spiro atoms. The largest absolute Gasteiger partial charge is 0.483 e. The van der Waals surface area contributed by atoms with Gasteiger partial charge in [0.05, 0.1) is 24.9 Å². The number of aromatic amines is 1. The lowest BCUT2D eigenvalue weighted by molar-refractivity contribution is -0.246. The maximum Gasteiger partial charge on any atom is 0.483 e. The van der Waals surface area contributed by atoms with E-state index in [0.717, 1.165) is 11.5 Å². The third-order valence-corrected chi connectivity index (χ3v) is 8.33. The van der Waals surface area contributed by atoms with Crippen molar-refractivity contribution in [3.8, 4) is 0 Å². The minimum Gasteiger partial charge on any atom is -0.390 e. The smallest absolute Gasteiger partial charge is 0.390 e. The molecule has 10 atom stereocenters. The summed E-state index contributed by atoms with van der Waals surface area (Å²) >= 11 is 0. The van der Waals surface area contributed by atoms with Crippen LogP contribution in [-0.2, 0) is 36.8 Å². The Morgan fingerprint density at radius 3 is 2.47 bits per heavy atom. The maximum atomic E-state index is 12.3. The molecule has 10 unspecified atom stereocenters. The fourth-order valence-corrected chi connectivity index (χ4v) is 6.02. The summed E-state index contributed by atoms with van der Waals surface area (Å²) in [5.74, 6) is -0.547. The molecule has 0 radical (unpaired) electrons. The number of nitrogens with zero attached hydrogens (tertiary/aromatic N) is 1. The summed E-state index contributed by atoms with van der Waals surface area (Å²) in [5.41, 5.74) is -1.24. The van der Waals surface area contributed by atoms with Crippen LogP contribution in [0.5, 0.6) is 0 Å². The Morgan fingerprint density at radius 2 is 1.84 bits per heavy atom. The third kappa shape index (κ3) is 7.44. The van der Waals surface area contributed by atoms with Crippen LogP contribution >= 0.6 is 15.6 Å². The van der Waals surface area contributed by atoms with Crippen molar-refractivity contribution >= 4 is 21.6 Å². The number of hydrogen-bond donors (Lipinski definition) is 7. The van der Waals surface area contributed by atoms with E-state index in [-0.39, 0.29) is 12.0 Å². The van der Waals surface area contributed by atoms with Gasteiger partial charge in [-0.3, -0.25) is 28.2 Å². The molecule has 2 saturated heterocycles. The first-order valence-electron chi connectivity index (χ1n) is 11.1. The summed E-state index contributed by atoms with van der Waals surface area (Å²) < 4.78 is 49.7. The quantitative estimate of drug-likeness (QED) is 0.150. The maximum absolute atomic E-state index is 12.3. The third-order valence-electron chi connectivity index (χ3n) is 5.73. The predicted molar refractivity (Wildman–Crippen MR) is 122 cm³/mol. The van der Waals surface area contributed by atoms with Crippen LogP contribution in [0.3, 0.4) is 0 Å². The number of carbonyl (C=O) groups excluding carboxylic acids is 1. The number of aliphatic hydroxyl groups excluding tert-OH is 3. The van der Waals surface area contributed by atoms with E-state index in [1.54, 1.807) is 0 Å². The van der Waals surface area contributed by atoms with Crippen molar-refractivity contribution in [1.29, 1.82) is 0 Å². The Bertz CT molecular complexity index is 1240. The fourth-order valence-electron chi connectivity index (χ4n) is 3.86. The van der Waals surface area contributed by atoms with Crippen molar-refractivity contribution < 1.29 is 61.9 Å². The van der Waals surface area contributed by atoms with Crippen LogP contribution in [-0.4, -0.2) is 90.0 Å². The van der Waals surface area contributed by atoms with Gasteiger partial charge in [-0.15, -0.1) is 0 Å². The van der Waals surface area contributed by atoms with Gasteiger partial charge in [0.1, 0.15) is 24.5 Å². The lowest BCUT2D eigenvalue weighted by Gasteiger charge is -2.41. The van der Waals surface area contributed by atoms with E-state index >= 15 is 0 Å². The first kappa shape index (κ1) is 30.7. The van der Waals surface area contributed by atoms with E-state index in [4.69, 9.17) is 9.47 Å². The topological polar surface area (TPSA) is 265 Å². The van der Waals surface area contributed by atoms with Gasteiger partial charge in [0.25, 0.3) is 5.56 Å². The number of aliphatic hydroxyl groups is 3. The molecule has 1 amide bonds. The van der Waals surface area contributed by atoms with Crippen LogP contribution in [0.1, 0.15) is 32.1 Å². The molecule has 3 rings (SSSR count). The Hall–Kier alpha value is -1.79. The van der Waals surface area contributed by atoms with Gasteiger partial charge in [-0.25, -0.2) is 13.9 Å². The summed E-state index contributed by atoms with van der Waals surface area (Å²) in [4.78, 5) is 56.7. The molecule has 2 aliphatic heterocycles. The van der Waals surface area contributed by atoms with Gasteiger partial charge in [0, 0.05) is 25.1 Å². The summed E-state index contributed by atoms with van der Waals surface area (Å²) in [7, 11) is -10.8. The molecule has 38 heavy (non-hydrogen) atoms. The number of amides is 1. The van der Waals surface area contributed by atoms with Gasteiger partial charge in [-0.1, -0.05) is 0 Å². The minimum atomic E-state index is -5.48. The zero-order chi connectivity index (χ0) is 28.6. The highest BCUT2D eigenvalue weighted by Crippen LogP contribution is 2.61. The number of H-pyrrole nitrogens is 1. The van der Waals surface area contributed by atoms with Gasteiger partial charge in [0.2, 0.25) is 5.91 Å². The fraction of sp³-hybridized carbons (Fsp3) is 0.722. The molecule has 2 fully saturated rings. The molecule has 0 aromatic carbocycles. The summed E-state index contributed by atoms with van der Waals surface area (Å²) in [6, 6.07) is -1.09. The number of phosphoric ester groups is 2. The van der Waals surface area contributed by atoms with Crippen LogP contribution in [0.25, 0.3) is 0 Å². The summed E-state index contributed by atoms with van der Waals surface area (Å²) in [5, 5.41) is 32.9. The highest BCUT2D eigenvalue weighted by atomic mass is 31.3. The van der Waals surface area contributed by atoms with E-state index < -0.39 is 88.5 Å². The molecule has 216 valence electrons. The number of carbonyl (C=O) groups is 1. The second-order valence-electron chi connectivity index (χ2n) is 8.75. The molecule has 1 aromatic rings. The molecule has 0 bridgehead atoms. The van der Waals surface area contributed by atoms with Gasteiger partial charge in [-0.2, -0.15) is 4.31 Å². The number of nitrogens with one attached hydrogen (secondary N) is 2. The molecule has 18 nitrogen and oxygen atoms in total. The van der Waals surface area contributed by atoms with Crippen molar-refractivity contribution in [3.63, 3.8) is 0 Å². The summed E-state index contributed by atoms with van der Waals surface area (Å²) in [6.07, 6.45) is -9.29. The minimum absolute atomic E-state index is 0.158. The van der Waals surface area contributed by atoms with Gasteiger partial charge >= 0.3 is 21.3 Å². The van der Waals surface area contributed by atoms with E-state index in [0.29, 0.717) is 0 Å². The SMILES string of the molecule is CC(=O)NC1C(C)OC(OP(=O)(O)OP(=O)(O)OCC2OC(n3cc(C)c(=O)[nH]c3=O)CC2O)C(O)C1O. The number of aromatic nitrogens is 2. The van der Waals surface area contributed by atoms with Crippen molar-refractivity contribution in [2.75, 3.05) is 6.61 Å². The first-order valence-corrected chi connectivity index (χ1v) is 14.1. The van der Waals surface area contributed by atoms with Crippen molar-refractivity contribution in [2.24, 2.45) is 0 Å². The van der Waals surface area contributed by atoms with Crippen molar-refractivity contribution in [3.05, 3.63) is 32.6 Å². The van der Waals surface area contributed by atoms with E-state index in [9.17, 15) is 48.6 Å². The molecule has 1 aromatic heterocycles. The molecule has 0 saturated carbocycles. The van der Waals surface area contributed by atoms with Gasteiger partial charge < -0.3 is 39.9 Å². The molecule has 3 heterocycles. The Kier molecular flexibility index (Phi) is 9.51. The zero-order valence-corrected chi connectivity index (χ0v) is 22.1. The lowest BCUT2D eigenvalue weighted by Crippen LogP contribution is -2.62.